The predicted octanol–water partition coefficient (Wildman–Crippen LogP) is 5.02. The summed E-state index contributed by atoms with van der Waals surface area (Å²) in [5.41, 5.74) is 1.87. The summed E-state index contributed by atoms with van der Waals surface area (Å²) in [6, 6.07) is 16.3. The third-order valence-corrected chi connectivity index (χ3v) is 6.36. The molecule has 0 heterocycles. The summed E-state index contributed by atoms with van der Waals surface area (Å²) < 4.78 is 13.0. The van der Waals surface area contributed by atoms with Gasteiger partial charge < -0.3 is 5.32 Å². The normalized spacial score (nSPS) is 23.8. The fourth-order valence-corrected chi connectivity index (χ4v) is 4.42. The van der Waals surface area contributed by atoms with Gasteiger partial charge in [-0.3, -0.25) is 9.69 Å². The molecule has 3 rings (SSSR count). The number of halogens is 2. The number of nitrogens with zero attached hydrogens (tertiary/aromatic N) is 1. The Bertz CT molecular complexity index is 756. The second-order valence-corrected chi connectivity index (χ2v) is 8.00. The van der Waals surface area contributed by atoms with E-state index in [9.17, 15) is 9.18 Å². The summed E-state index contributed by atoms with van der Waals surface area (Å²) >= 11 is 6.51. The van der Waals surface area contributed by atoms with Gasteiger partial charge in [-0.2, -0.15) is 0 Å². The molecule has 2 aromatic rings. The topological polar surface area (TPSA) is 32.3 Å². The first kappa shape index (κ1) is 19.8. The van der Waals surface area contributed by atoms with Gasteiger partial charge in [0.1, 0.15) is 11.2 Å². The first-order valence-electron chi connectivity index (χ1n) is 9.36. The van der Waals surface area contributed by atoms with Gasteiger partial charge in [0.2, 0.25) is 5.91 Å². The van der Waals surface area contributed by atoms with Crippen molar-refractivity contribution in [2.45, 2.75) is 36.6 Å². The van der Waals surface area contributed by atoms with Gasteiger partial charge in [-0.05, 0) is 75.5 Å². The zero-order valence-electron chi connectivity index (χ0n) is 15.8. The first-order valence-corrected chi connectivity index (χ1v) is 9.79. The lowest BCUT2D eigenvalue weighted by Crippen LogP contribution is -2.46. The predicted molar refractivity (Wildman–Crippen MR) is 108 cm³/mol. The molecule has 0 aromatic heterocycles. The SMILES string of the molecule is CN(C)C1(c2ccccc2)CCC(C(Cl)C(=O)Nc2ccc(F)cc2)CC1. The van der Waals surface area contributed by atoms with Crippen molar-refractivity contribution in [1.29, 1.82) is 0 Å². The zero-order chi connectivity index (χ0) is 19.4. The maximum absolute atomic E-state index is 13.0. The Labute approximate surface area is 165 Å². The van der Waals surface area contributed by atoms with Crippen molar-refractivity contribution < 1.29 is 9.18 Å². The summed E-state index contributed by atoms with van der Waals surface area (Å²) in [5, 5.41) is 2.20. The molecule has 144 valence electrons. The second kappa shape index (κ2) is 8.41. The highest BCUT2D eigenvalue weighted by atomic mass is 35.5. The molecule has 5 heteroatoms. The van der Waals surface area contributed by atoms with Crippen molar-refractivity contribution in [3.63, 3.8) is 0 Å². The van der Waals surface area contributed by atoms with Gasteiger partial charge in [-0.25, -0.2) is 4.39 Å². The molecule has 1 unspecified atom stereocenters. The summed E-state index contributed by atoms with van der Waals surface area (Å²) in [6.45, 7) is 0. The van der Waals surface area contributed by atoms with Crippen molar-refractivity contribution in [3.05, 3.63) is 66.0 Å². The van der Waals surface area contributed by atoms with Crippen LogP contribution in [-0.2, 0) is 10.3 Å². The number of benzene rings is 2. The van der Waals surface area contributed by atoms with Crippen LogP contribution in [0.15, 0.2) is 54.6 Å². The lowest BCUT2D eigenvalue weighted by Gasteiger charge is -2.46. The maximum Gasteiger partial charge on any atom is 0.242 e. The largest absolute Gasteiger partial charge is 0.325 e. The quantitative estimate of drug-likeness (QED) is 0.729. The van der Waals surface area contributed by atoms with Crippen LogP contribution in [0.2, 0.25) is 0 Å². The molecule has 1 aliphatic carbocycles. The number of rotatable bonds is 5. The highest BCUT2D eigenvalue weighted by Crippen LogP contribution is 2.44. The van der Waals surface area contributed by atoms with Crippen LogP contribution in [0.1, 0.15) is 31.2 Å². The van der Waals surface area contributed by atoms with Crippen LogP contribution in [0.3, 0.4) is 0 Å². The molecule has 1 aliphatic rings. The molecule has 27 heavy (non-hydrogen) atoms. The number of amides is 1. The number of carbonyl (C=O) groups is 1. The van der Waals surface area contributed by atoms with E-state index in [0.29, 0.717) is 5.69 Å². The highest BCUT2D eigenvalue weighted by Gasteiger charge is 2.41. The molecule has 0 bridgehead atoms. The van der Waals surface area contributed by atoms with Gasteiger partial charge >= 0.3 is 0 Å². The van der Waals surface area contributed by atoms with E-state index in [1.54, 1.807) is 12.1 Å². The summed E-state index contributed by atoms with van der Waals surface area (Å²) in [5.74, 6) is -0.419. The summed E-state index contributed by atoms with van der Waals surface area (Å²) in [4.78, 5) is 14.8. The first-order chi connectivity index (χ1) is 12.9. The fourth-order valence-electron chi connectivity index (χ4n) is 4.11. The van der Waals surface area contributed by atoms with Crippen LogP contribution in [0.4, 0.5) is 10.1 Å². The van der Waals surface area contributed by atoms with Crippen LogP contribution in [0, 0.1) is 11.7 Å². The van der Waals surface area contributed by atoms with Gasteiger partial charge in [0.05, 0.1) is 0 Å². The van der Waals surface area contributed by atoms with Crippen LogP contribution in [0.5, 0.6) is 0 Å². The molecule has 1 fully saturated rings. The van der Waals surface area contributed by atoms with E-state index in [1.165, 1.54) is 17.7 Å². The van der Waals surface area contributed by atoms with Crippen LogP contribution >= 0.6 is 11.6 Å². The number of alkyl halides is 1. The van der Waals surface area contributed by atoms with Gasteiger partial charge in [0.15, 0.2) is 0 Å². The monoisotopic (exact) mass is 388 g/mol. The fraction of sp³-hybridized carbons (Fsp3) is 0.409. The Hall–Kier alpha value is -1.91. The number of hydrogen-bond donors (Lipinski definition) is 1. The van der Waals surface area contributed by atoms with E-state index in [4.69, 9.17) is 11.6 Å². The van der Waals surface area contributed by atoms with Gasteiger partial charge in [-0.15, -0.1) is 11.6 Å². The van der Waals surface area contributed by atoms with Gasteiger partial charge in [0, 0.05) is 11.2 Å². The Balaban J connectivity index is 1.65. The van der Waals surface area contributed by atoms with Crippen molar-refractivity contribution in [1.82, 2.24) is 4.90 Å². The van der Waals surface area contributed by atoms with E-state index < -0.39 is 5.38 Å². The average Bonchev–Trinajstić information content (AvgIpc) is 2.69. The molecular weight excluding hydrogens is 363 g/mol. The third kappa shape index (κ3) is 4.33. The Morgan fingerprint density at radius 2 is 1.70 bits per heavy atom. The molecule has 1 atom stereocenters. The van der Waals surface area contributed by atoms with Crippen molar-refractivity contribution >= 4 is 23.2 Å². The van der Waals surface area contributed by atoms with Crippen LogP contribution < -0.4 is 5.32 Å². The molecule has 0 radical (unpaired) electrons. The van der Waals surface area contributed by atoms with Gasteiger partial charge in [0.25, 0.3) is 0 Å². The van der Waals surface area contributed by atoms with Crippen molar-refractivity contribution in [3.8, 4) is 0 Å². The van der Waals surface area contributed by atoms with Crippen molar-refractivity contribution in [2.24, 2.45) is 5.92 Å². The number of carbonyl (C=O) groups excluding carboxylic acids is 1. The second-order valence-electron chi connectivity index (χ2n) is 7.53. The molecule has 0 spiro atoms. The van der Waals surface area contributed by atoms with Crippen LogP contribution in [-0.4, -0.2) is 30.3 Å². The highest BCUT2D eigenvalue weighted by molar-refractivity contribution is 6.32. The third-order valence-electron chi connectivity index (χ3n) is 5.80. The van der Waals surface area contributed by atoms with E-state index in [0.717, 1.165) is 25.7 Å². The van der Waals surface area contributed by atoms with Crippen LogP contribution in [0.25, 0.3) is 0 Å². The molecule has 1 N–H and O–H groups in total. The lowest BCUT2D eigenvalue weighted by atomic mass is 9.71. The number of nitrogens with one attached hydrogen (secondary N) is 1. The van der Waals surface area contributed by atoms with E-state index in [1.807, 2.05) is 6.07 Å². The standard InChI is InChI=1S/C22H26ClFN2O/c1-26(2)22(17-6-4-3-5-7-17)14-12-16(13-15-22)20(23)21(27)25-19-10-8-18(24)9-11-19/h3-11,16,20H,12-15H2,1-2H3,(H,25,27). The molecule has 1 amide bonds. The summed E-state index contributed by atoms with van der Waals surface area (Å²) in [7, 11) is 4.24. The Morgan fingerprint density at radius 1 is 1.11 bits per heavy atom. The van der Waals surface area contributed by atoms with E-state index in [-0.39, 0.29) is 23.2 Å². The average molecular weight is 389 g/mol. The zero-order valence-corrected chi connectivity index (χ0v) is 16.5. The minimum atomic E-state index is -0.592. The Kier molecular flexibility index (Phi) is 6.18. The summed E-state index contributed by atoms with van der Waals surface area (Å²) in [6.07, 6.45) is 3.69. The minimum absolute atomic E-state index is 0.0121. The number of anilines is 1. The molecule has 3 nitrogen and oxygen atoms in total. The molecular formula is C22H26ClFN2O. The van der Waals surface area contributed by atoms with Gasteiger partial charge in [-0.1, -0.05) is 30.3 Å². The molecule has 0 aliphatic heterocycles. The van der Waals surface area contributed by atoms with Crippen molar-refractivity contribution in [2.75, 3.05) is 19.4 Å². The maximum atomic E-state index is 13.0. The minimum Gasteiger partial charge on any atom is -0.325 e. The Morgan fingerprint density at radius 3 is 2.26 bits per heavy atom. The smallest absolute Gasteiger partial charge is 0.242 e. The molecule has 0 saturated heterocycles. The molecule has 2 aromatic carbocycles. The lowest BCUT2D eigenvalue weighted by molar-refractivity contribution is -0.117. The molecule has 1 saturated carbocycles. The van der Waals surface area contributed by atoms with E-state index in [2.05, 4.69) is 48.6 Å². The van der Waals surface area contributed by atoms with E-state index >= 15 is 0 Å². The number of hydrogen-bond acceptors (Lipinski definition) is 2.